The first-order chi connectivity index (χ1) is 12.1. The van der Waals surface area contributed by atoms with Gasteiger partial charge in [-0.3, -0.25) is 4.99 Å². The van der Waals surface area contributed by atoms with Crippen molar-refractivity contribution in [1.82, 2.24) is 9.55 Å². The van der Waals surface area contributed by atoms with E-state index in [1.54, 1.807) is 0 Å². The Labute approximate surface area is 152 Å². The zero-order chi connectivity index (χ0) is 18.8. The second-order valence-electron chi connectivity index (χ2n) is 5.36. The molecule has 0 N–H and O–H groups in total. The van der Waals surface area contributed by atoms with Crippen molar-refractivity contribution in [3.05, 3.63) is 59.9 Å². The Hall–Kier alpha value is -2.42. The molecule has 0 unspecified atom stereocenters. The molecule has 0 amide bonds. The fraction of sp³-hybridized carbons (Fsp3) is 0.364. The van der Waals surface area contributed by atoms with Crippen molar-refractivity contribution in [2.45, 2.75) is 48.0 Å². The summed E-state index contributed by atoms with van der Waals surface area (Å²) in [5.41, 5.74) is 6.01. The van der Waals surface area contributed by atoms with Crippen LogP contribution in [0, 0.1) is 6.92 Å². The van der Waals surface area contributed by atoms with Gasteiger partial charge in [0.05, 0.1) is 16.7 Å². The van der Waals surface area contributed by atoms with Gasteiger partial charge < -0.3 is 4.57 Å². The summed E-state index contributed by atoms with van der Waals surface area (Å²) in [5, 5.41) is 0. The van der Waals surface area contributed by atoms with Gasteiger partial charge in [0.1, 0.15) is 5.82 Å². The molecule has 25 heavy (non-hydrogen) atoms. The minimum Gasteiger partial charge on any atom is -0.331 e. The largest absolute Gasteiger partial charge is 0.331 e. The quantitative estimate of drug-likeness (QED) is 0.475. The van der Waals surface area contributed by atoms with Crippen LogP contribution in [-0.4, -0.2) is 15.3 Å². The van der Waals surface area contributed by atoms with Crippen LogP contribution >= 0.6 is 0 Å². The third-order valence-corrected chi connectivity index (χ3v) is 3.76. The lowest BCUT2D eigenvalue weighted by molar-refractivity contribution is 0.886. The van der Waals surface area contributed by atoms with Crippen LogP contribution in [0.5, 0.6) is 0 Å². The molecule has 4 rings (SSSR count). The Morgan fingerprint density at radius 1 is 0.840 bits per heavy atom. The molecule has 0 spiro atoms. The molecule has 1 aromatic heterocycles. The van der Waals surface area contributed by atoms with E-state index in [1.807, 2.05) is 65.9 Å². The molecule has 2 aromatic carbocycles. The summed E-state index contributed by atoms with van der Waals surface area (Å²) >= 11 is 0. The summed E-state index contributed by atoms with van der Waals surface area (Å²) < 4.78 is 2.09. The van der Waals surface area contributed by atoms with Crippen molar-refractivity contribution in [2.75, 3.05) is 0 Å². The minimum atomic E-state index is 1.04. The van der Waals surface area contributed by atoms with Gasteiger partial charge in [-0.2, -0.15) is 0 Å². The highest BCUT2D eigenvalue weighted by Crippen LogP contribution is 2.25. The zero-order valence-electron chi connectivity index (χ0n) is 16.7. The summed E-state index contributed by atoms with van der Waals surface area (Å²) in [6.07, 6.45) is 1.04. The Morgan fingerprint density at radius 3 is 2.08 bits per heavy atom. The van der Waals surface area contributed by atoms with Crippen LogP contribution in [0.15, 0.2) is 53.5 Å². The number of aryl methyl sites for hydroxylation is 2. The fourth-order valence-electron chi connectivity index (χ4n) is 2.56. The highest BCUT2D eigenvalue weighted by molar-refractivity contribution is 5.91. The Kier molecular flexibility index (Phi) is 8.62. The molecule has 3 nitrogen and oxygen atoms in total. The third kappa shape index (κ3) is 5.28. The number of nitrogens with zero attached hydrogens (tertiary/aromatic N) is 3. The normalized spacial score (nSPS) is 11.1. The van der Waals surface area contributed by atoms with Crippen molar-refractivity contribution in [2.24, 2.45) is 12.0 Å². The van der Waals surface area contributed by atoms with Crippen molar-refractivity contribution in [1.29, 1.82) is 0 Å². The Bertz CT molecular complexity index is 813. The van der Waals surface area contributed by atoms with Crippen molar-refractivity contribution < 1.29 is 0 Å². The van der Waals surface area contributed by atoms with Gasteiger partial charge in [-0.05, 0) is 37.6 Å². The van der Waals surface area contributed by atoms with E-state index < -0.39 is 0 Å². The van der Waals surface area contributed by atoms with Gasteiger partial charge in [0, 0.05) is 19.2 Å². The molecule has 0 saturated heterocycles. The Morgan fingerprint density at radius 2 is 1.44 bits per heavy atom. The monoisotopic (exact) mass is 337 g/mol. The number of aliphatic imine (C=N–C) groups is 1. The van der Waals surface area contributed by atoms with Gasteiger partial charge in [0.25, 0.3) is 0 Å². The van der Waals surface area contributed by atoms with E-state index in [2.05, 4.69) is 45.7 Å². The van der Waals surface area contributed by atoms with Gasteiger partial charge in [0.2, 0.25) is 0 Å². The molecule has 0 radical (unpaired) electrons. The average Bonchev–Trinajstić information content (AvgIpc) is 3.18. The van der Waals surface area contributed by atoms with Crippen LogP contribution in [0.3, 0.4) is 0 Å². The molecular weight excluding hydrogens is 306 g/mol. The van der Waals surface area contributed by atoms with Gasteiger partial charge >= 0.3 is 0 Å². The summed E-state index contributed by atoms with van der Waals surface area (Å²) in [6, 6.07) is 16.4. The minimum absolute atomic E-state index is 1.04. The number of hydrogen-bond acceptors (Lipinski definition) is 2. The number of benzene rings is 2. The molecule has 2 heterocycles. The number of rotatable bonds is 0. The molecule has 0 bridgehead atoms. The van der Waals surface area contributed by atoms with Gasteiger partial charge in [-0.15, -0.1) is 0 Å². The standard InChI is InChI=1S/C9H10N2.C9H9N.2C2H6/c1-7-10-8-5-3-4-6-9(8)11(7)2;1-7-6-8-4-2-3-5-9(8)10-7;2*1-2/h3-6H,1-2H3;2-5H,6H2,1H3;2*1-2H3. The fourth-order valence-corrected chi connectivity index (χ4v) is 2.56. The first kappa shape index (κ1) is 20.6. The van der Waals surface area contributed by atoms with E-state index in [4.69, 9.17) is 0 Å². The van der Waals surface area contributed by atoms with E-state index in [0.717, 1.165) is 23.4 Å². The summed E-state index contributed by atoms with van der Waals surface area (Å²) in [4.78, 5) is 8.74. The molecule has 0 atom stereocenters. The molecule has 3 aromatic rings. The molecule has 3 heteroatoms. The molecule has 1 aliphatic rings. The van der Waals surface area contributed by atoms with E-state index in [1.165, 1.54) is 16.8 Å². The predicted octanol–water partition coefficient (Wildman–Crippen LogP) is 6.27. The number of para-hydroxylation sites is 3. The lowest BCUT2D eigenvalue weighted by atomic mass is 10.1. The van der Waals surface area contributed by atoms with Crippen LogP contribution in [0.2, 0.25) is 0 Å². The van der Waals surface area contributed by atoms with Gasteiger partial charge in [0.15, 0.2) is 0 Å². The highest BCUT2D eigenvalue weighted by atomic mass is 15.0. The van der Waals surface area contributed by atoms with E-state index >= 15 is 0 Å². The third-order valence-electron chi connectivity index (χ3n) is 3.76. The molecule has 0 fully saturated rings. The molecule has 0 aliphatic carbocycles. The van der Waals surface area contributed by atoms with E-state index in [9.17, 15) is 0 Å². The maximum atomic E-state index is 4.38. The second-order valence-corrected chi connectivity index (χ2v) is 5.36. The van der Waals surface area contributed by atoms with E-state index in [-0.39, 0.29) is 0 Å². The van der Waals surface area contributed by atoms with Crippen LogP contribution in [-0.2, 0) is 13.5 Å². The van der Waals surface area contributed by atoms with Gasteiger partial charge in [-0.1, -0.05) is 58.0 Å². The maximum absolute atomic E-state index is 4.38. The van der Waals surface area contributed by atoms with Crippen LogP contribution in [0.4, 0.5) is 5.69 Å². The van der Waals surface area contributed by atoms with Crippen LogP contribution in [0.1, 0.15) is 46.0 Å². The maximum Gasteiger partial charge on any atom is 0.106 e. The second kappa shape index (κ2) is 10.4. The first-order valence-corrected chi connectivity index (χ1v) is 9.15. The van der Waals surface area contributed by atoms with Crippen molar-refractivity contribution in [3.63, 3.8) is 0 Å². The van der Waals surface area contributed by atoms with Crippen molar-refractivity contribution >= 4 is 22.4 Å². The summed E-state index contributed by atoms with van der Waals surface area (Å²) in [7, 11) is 2.03. The molecule has 1 aliphatic heterocycles. The molecular formula is C22H31N3. The lowest BCUT2D eigenvalue weighted by Gasteiger charge is -1.93. The zero-order valence-corrected chi connectivity index (χ0v) is 16.7. The summed E-state index contributed by atoms with van der Waals surface area (Å²) in [6.45, 7) is 12.1. The first-order valence-electron chi connectivity index (χ1n) is 9.15. The smallest absolute Gasteiger partial charge is 0.106 e. The number of fused-ring (bicyclic) bond motifs is 2. The summed E-state index contributed by atoms with van der Waals surface area (Å²) in [5.74, 6) is 1.06. The number of imidazole rings is 1. The van der Waals surface area contributed by atoms with Crippen LogP contribution < -0.4 is 0 Å². The van der Waals surface area contributed by atoms with Crippen molar-refractivity contribution in [3.8, 4) is 0 Å². The number of hydrogen-bond donors (Lipinski definition) is 0. The molecule has 0 saturated carbocycles. The van der Waals surface area contributed by atoms with Gasteiger partial charge in [-0.25, -0.2) is 4.98 Å². The molecule has 134 valence electrons. The highest BCUT2D eigenvalue weighted by Gasteiger charge is 2.08. The topological polar surface area (TPSA) is 30.2 Å². The number of aromatic nitrogens is 2. The predicted molar refractivity (Wildman–Crippen MR) is 111 cm³/mol. The lowest BCUT2D eigenvalue weighted by Crippen LogP contribution is -1.89. The Balaban J connectivity index is 0.000000210. The van der Waals surface area contributed by atoms with Crippen LogP contribution in [0.25, 0.3) is 11.0 Å². The SMILES string of the molecule is CC.CC.CC1=Nc2ccccc2C1.Cc1nc2ccccc2n1C. The average molecular weight is 338 g/mol. The van der Waals surface area contributed by atoms with E-state index in [0.29, 0.717) is 0 Å².